The largest absolute Gasteiger partial charge is 0.457 e. The van der Waals surface area contributed by atoms with Crippen LogP contribution in [-0.2, 0) is 16.1 Å². The second-order valence-electron chi connectivity index (χ2n) is 2.82. The third kappa shape index (κ3) is 3.14. The van der Waals surface area contributed by atoms with E-state index in [0.29, 0.717) is 5.82 Å². The van der Waals surface area contributed by atoms with Gasteiger partial charge in [0.2, 0.25) is 0 Å². The van der Waals surface area contributed by atoms with Crippen LogP contribution >= 0.6 is 0 Å². The van der Waals surface area contributed by atoms with Crippen molar-refractivity contribution in [2.24, 2.45) is 5.92 Å². The molecule has 5 nitrogen and oxygen atoms in total. The number of esters is 1. The maximum absolute atomic E-state index is 11.0. The molecular weight excluding hydrogens is 170 g/mol. The molecule has 0 bridgehead atoms. The second kappa shape index (κ2) is 4.49. The quantitative estimate of drug-likeness (QED) is 0.638. The predicted molar refractivity (Wildman–Crippen MR) is 44.5 cm³/mol. The zero-order valence-corrected chi connectivity index (χ0v) is 7.60. The lowest BCUT2D eigenvalue weighted by atomic mass is 10.2. The van der Waals surface area contributed by atoms with Crippen LogP contribution in [0.5, 0.6) is 0 Å². The molecule has 0 aromatic carbocycles. The van der Waals surface area contributed by atoms with Crippen molar-refractivity contribution in [1.29, 1.82) is 0 Å². The van der Waals surface area contributed by atoms with Crippen LogP contribution in [0.1, 0.15) is 19.7 Å². The molecule has 0 saturated carbocycles. The predicted octanol–water partition coefficient (Wildman–Crippen LogP) is 0.571. The smallest absolute Gasteiger partial charge is 0.308 e. The van der Waals surface area contributed by atoms with E-state index in [1.807, 2.05) is 0 Å². The zero-order valence-electron chi connectivity index (χ0n) is 7.60. The minimum atomic E-state index is -0.250. The first-order valence-corrected chi connectivity index (χ1v) is 3.97. The summed E-state index contributed by atoms with van der Waals surface area (Å²) in [5.41, 5.74) is 0. The molecule has 1 aromatic heterocycles. The molecule has 1 aromatic rings. The minimum absolute atomic E-state index is 0.111. The molecule has 13 heavy (non-hydrogen) atoms. The first-order chi connectivity index (χ1) is 6.20. The van der Waals surface area contributed by atoms with Gasteiger partial charge in [-0.15, -0.1) is 0 Å². The molecule has 0 fully saturated rings. The summed E-state index contributed by atoms with van der Waals surface area (Å²) in [6.45, 7) is 3.66. The van der Waals surface area contributed by atoms with E-state index in [0.717, 1.165) is 0 Å². The SMILES string of the molecule is CC(C)C(=O)OCc1ncncn1. The highest BCUT2D eigenvalue weighted by atomic mass is 16.5. The van der Waals surface area contributed by atoms with E-state index in [9.17, 15) is 4.79 Å². The van der Waals surface area contributed by atoms with Crippen molar-refractivity contribution in [2.45, 2.75) is 20.5 Å². The van der Waals surface area contributed by atoms with Gasteiger partial charge in [0.25, 0.3) is 0 Å². The van der Waals surface area contributed by atoms with Crippen LogP contribution in [0, 0.1) is 5.92 Å². The lowest BCUT2D eigenvalue weighted by molar-refractivity contribution is -0.148. The summed E-state index contributed by atoms with van der Waals surface area (Å²) in [6, 6.07) is 0. The fourth-order valence-electron chi connectivity index (χ4n) is 0.640. The van der Waals surface area contributed by atoms with Gasteiger partial charge >= 0.3 is 5.97 Å². The Bertz CT molecular complexity index is 274. The van der Waals surface area contributed by atoms with Crippen molar-refractivity contribution in [3.63, 3.8) is 0 Å². The Morgan fingerprint density at radius 2 is 2.08 bits per heavy atom. The molecule has 0 aliphatic rings. The monoisotopic (exact) mass is 181 g/mol. The fraction of sp³-hybridized carbons (Fsp3) is 0.500. The highest BCUT2D eigenvalue weighted by Gasteiger charge is 2.08. The van der Waals surface area contributed by atoms with Crippen molar-refractivity contribution in [3.05, 3.63) is 18.5 Å². The summed E-state index contributed by atoms with van der Waals surface area (Å²) in [6.07, 6.45) is 2.73. The Balaban J connectivity index is 2.40. The molecule has 0 spiro atoms. The van der Waals surface area contributed by atoms with Crippen molar-refractivity contribution in [3.8, 4) is 0 Å². The highest BCUT2D eigenvalue weighted by molar-refractivity contribution is 5.71. The van der Waals surface area contributed by atoms with E-state index < -0.39 is 0 Å². The first-order valence-electron chi connectivity index (χ1n) is 3.97. The number of carbonyl (C=O) groups is 1. The van der Waals surface area contributed by atoms with Gasteiger partial charge in [-0.05, 0) is 0 Å². The van der Waals surface area contributed by atoms with Crippen molar-refractivity contribution in [2.75, 3.05) is 0 Å². The molecule has 1 rings (SSSR count). The normalized spacial score (nSPS) is 10.1. The first kappa shape index (κ1) is 9.57. The van der Waals surface area contributed by atoms with Crippen molar-refractivity contribution >= 4 is 5.97 Å². The Labute approximate surface area is 76.2 Å². The van der Waals surface area contributed by atoms with Gasteiger partial charge in [0.15, 0.2) is 12.4 Å². The number of aromatic nitrogens is 3. The third-order valence-electron chi connectivity index (χ3n) is 1.36. The molecule has 0 aliphatic carbocycles. The molecule has 0 N–H and O–H groups in total. The molecule has 0 radical (unpaired) electrons. The highest BCUT2D eigenvalue weighted by Crippen LogP contribution is 1.98. The van der Waals surface area contributed by atoms with Crippen LogP contribution in [0.4, 0.5) is 0 Å². The second-order valence-corrected chi connectivity index (χ2v) is 2.82. The summed E-state index contributed by atoms with van der Waals surface area (Å²) < 4.78 is 4.90. The van der Waals surface area contributed by atoms with Gasteiger partial charge in [-0.2, -0.15) is 0 Å². The summed E-state index contributed by atoms with van der Waals surface area (Å²) in [5, 5.41) is 0. The molecular formula is C8H11N3O2. The van der Waals surface area contributed by atoms with Crippen LogP contribution in [0.2, 0.25) is 0 Å². The Morgan fingerprint density at radius 1 is 1.46 bits per heavy atom. The van der Waals surface area contributed by atoms with E-state index in [1.165, 1.54) is 12.7 Å². The minimum Gasteiger partial charge on any atom is -0.457 e. The lowest BCUT2D eigenvalue weighted by Gasteiger charge is -2.04. The number of hydrogen-bond donors (Lipinski definition) is 0. The molecule has 0 unspecified atom stereocenters. The molecule has 0 atom stereocenters. The molecule has 5 heteroatoms. The Hall–Kier alpha value is -1.52. The lowest BCUT2D eigenvalue weighted by Crippen LogP contribution is -2.12. The van der Waals surface area contributed by atoms with Crippen molar-refractivity contribution < 1.29 is 9.53 Å². The molecule has 70 valence electrons. The topological polar surface area (TPSA) is 65.0 Å². The van der Waals surface area contributed by atoms with Gasteiger partial charge < -0.3 is 4.74 Å². The van der Waals surface area contributed by atoms with Crippen LogP contribution in [0.3, 0.4) is 0 Å². The van der Waals surface area contributed by atoms with E-state index in [4.69, 9.17) is 4.74 Å². The van der Waals surface area contributed by atoms with Gasteiger partial charge in [-0.1, -0.05) is 13.8 Å². The van der Waals surface area contributed by atoms with Gasteiger partial charge in [0.1, 0.15) is 12.7 Å². The van der Waals surface area contributed by atoms with E-state index in [1.54, 1.807) is 13.8 Å². The molecule has 0 amide bonds. The zero-order chi connectivity index (χ0) is 9.68. The maximum Gasteiger partial charge on any atom is 0.308 e. The van der Waals surface area contributed by atoms with E-state index in [-0.39, 0.29) is 18.5 Å². The Morgan fingerprint density at radius 3 is 2.62 bits per heavy atom. The standard InChI is InChI=1S/C8H11N3O2/c1-6(2)8(12)13-3-7-10-4-9-5-11-7/h4-6H,3H2,1-2H3. The maximum atomic E-state index is 11.0. The Kier molecular flexibility index (Phi) is 3.31. The van der Waals surface area contributed by atoms with Gasteiger partial charge in [-0.3, -0.25) is 4.79 Å². The molecule has 1 heterocycles. The van der Waals surface area contributed by atoms with Crippen LogP contribution in [0.25, 0.3) is 0 Å². The van der Waals surface area contributed by atoms with Gasteiger partial charge in [0, 0.05) is 0 Å². The van der Waals surface area contributed by atoms with Gasteiger partial charge in [-0.25, -0.2) is 15.0 Å². The van der Waals surface area contributed by atoms with E-state index >= 15 is 0 Å². The molecule has 0 aliphatic heterocycles. The number of nitrogens with zero attached hydrogens (tertiary/aromatic N) is 3. The van der Waals surface area contributed by atoms with Gasteiger partial charge in [0.05, 0.1) is 5.92 Å². The van der Waals surface area contributed by atoms with Crippen molar-refractivity contribution in [1.82, 2.24) is 15.0 Å². The van der Waals surface area contributed by atoms with Crippen LogP contribution in [0.15, 0.2) is 12.7 Å². The van der Waals surface area contributed by atoms with Crippen LogP contribution < -0.4 is 0 Å². The number of carbonyl (C=O) groups excluding carboxylic acids is 1. The average molecular weight is 181 g/mol. The molecule has 0 saturated heterocycles. The summed E-state index contributed by atoms with van der Waals surface area (Å²) in [4.78, 5) is 22.3. The van der Waals surface area contributed by atoms with E-state index in [2.05, 4.69) is 15.0 Å². The third-order valence-corrected chi connectivity index (χ3v) is 1.36. The number of ether oxygens (including phenoxy) is 1. The average Bonchev–Trinajstić information content (AvgIpc) is 2.15. The van der Waals surface area contributed by atoms with Crippen LogP contribution in [-0.4, -0.2) is 20.9 Å². The number of rotatable bonds is 3. The summed E-state index contributed by atoms with van der Waals surface area (Å²) >= 11 is 0. The summed E-state index contributed by atoms with van der Waals surface area (Å²) in [7, 11) is 0. The summed E-state index contributed by atoms with van der Waals surface area (Å²) in [5.74, 6) is 0.0891. The number of hydrogen-bond acceptors (Lipinski definition) is 5. The fourth-order valence-corrected chi connectivity index (χ4v) is 0.640.